The lowest BCUT2D eigenvalue weighted by atomic mass is 10.2. The fourth-order valence-electron chi connectivity index (χ4n) is 3.24. The monoisotopic (exact) mass is 578 g/mol. The number of anilines is 2. The van der Waals surface area contributed by atoms with E-state index in [1.54, 1.807) is 12.1 Å². The van der Waals surface area contributed by atoms with Gasteiger partial charge in [-0.25, -0.2) is 0 Å². The number of rotatable bonds is 11. The maximum atomic E-state index is 12.7. The first-order chi connectivity index (χ1) is 19.3. The van der Waals surface area contributed by atoms with Crippen LogP contribution in [0.5, 0.6) is 0 Å². The first kappa shape index (κ1) is 30.6. The molecule has 0 heterocycles. The number of Topliss-reactive ketones (excluding diaryl/α,β-unsaturated/α-hetero) is 2. The molecule has 3 N–H and O–H groups in total. The van der Waals surface area contributed by atoms with Crippen molar-refractivity contribution < 1.29 is 32.1 Å². The molecule has 0 radical (unpaired) electrons. The van der Waals surface area contributed by atoms with Crippen LogP contribution in [0.4, 0.5) is 22.7 Å². The van der Waals surface area contributed by atoms with Crippen LogP contribution in [-0.2, 0) is 29.3 Å². The molecule has 0 aliphatic rings. The lowest BCUT2D eigenvalue weighted by molar-refractivity contribution is -0.127. The molecular weight excluding hydrogens is 552 g/mol. The Hall–Kier alpha value is -4.95. The fourth-order valence-corrected chi connectivity index (χ4v) is 3.72. The van der Waals surface area contributed by atoms with E-state index in [9.17, 15) is 27.6 Å². The average molecular weight is 579 g/mol. The van der Waals surface area contributed by atoms with Crippen molar-refractivity contribution in [3.8, 4) is 0 Å². The highest BCUT2D eigenvalue weighted by molar-refractivity contribution is 7.85. The molecule has 0 aromatic heterocycles. The van der Waals surface area contributed by atoms with Gasteiger partial charge >= 0.3 is 0 Å². The normalized spacial score (nSPS) is 13.1. The number of aryl methyl sites for hydroxylation is 1. The van der Waals surface area contributed by atoms with Crippen LogP contribution in [0.2, 0.25) is 0 Å². The fraction of sp³-hybridized carbons (Fsp3) is 0.185. The second-order valence-corrected chi connectivity index (χ2v) is 10.2. The van der Waals surface area contributed by atoms with Crippen molar-refractivity contribution in [2.24, 2.45) is 20.5 Å². The standard InChI is InChI=1S/C27H26N6O7S/c1-16-4-6-21(7-5-16)30-32-24(17(2)34)26(36)28-19-8-10-20(11-9-19)29-27(37)25(18(3)35)33-31-22-12-14-23(15-13-22)41(38,39)40/h4-15,24-25H,1-3H3,(H,28,36)(H,29,37)(H,38,39,40). The van der Waals surface area contributed by atoms with E-state index < -0.39 is 45.6 Å². The largest absolute Gasteiger partial charge is 0.324 e. The molecule has 13 nitrogen and oxygen atoms in total. The molecule has 3 aromatic carbocycles. The summed E-state index contributed by atoms with van der Waals surface area (Å²) in [7, 11) is -4.38. The van der Waals surface area contributed by atoms with Gasteiger partial charge in [0.15, 0.2) is 11.6 Å². The Balaban J connectivity index is 1.63. The van der Waals surface area contributed by atoms with Gasteiger partial charge in [-0.15, -0.1) is 0 Å². The Bertz CT molecular complexity index is 1600. The van der Waals surface area contributed by atoms with E-state index in [0.717, 1.165) is 24.6 Å². The van der Waals surface area contributed by atoms with Crippen molar-refractivity contribution in [1.82, 2.24) is 0 Å². The van der Waals surface area contributed by atoms with Crippen LogP contribution in [0.25, 0.3) is 0 Å². The number of amides is 2. The second-order valence-electron chi connectivity index (χ2n) is 8.82. The molecular formula is C27H26N6O7S. The number of benzene rings is 3. The average Bonchev–Trinajstić information content (AvgIpc) is 2.90. The molecule has 3 aromatic rings. The Labute approximate surface area is 235 Å². The number of azo groups is 2. The third kappa shape index (κ3) is 9.05. The zero-order valence-corrected chi connectivity index (χ0v) is 23.0. The molecule has 212 valence electrons. The zero-order chi connectivity index (χ0) is 30.2. The summed E-state index contributed by atoms with van der Waals surface area (Å²) < 4.78 is 31.3. The summed E-state index contributed by atoms with van der Waals surface area (Å²) in [5.41, 5.74) is 2.28. The first-order valence-electron chi connectivity index (χ1n) is 12.0. The highest BCUT2D eigenvalue weighted by Gasteiger charge is 2.25. The predicted molar refractivity (Wildman–Crippen MR) is 149 cm³/mol. The van der Waals surface area contributed by atoms with Gasteiger partial charge in [-0.1, -0.05) is 17.7 Å². The number of ketones is 2. The van der Waals surface area contributed by atoms with E-state index >= 15 is 0 Å². The number of nitrogens with one attached hydrogen (secondary N) is 2. The van der Waals surface area contributed by atoms with Crippen LogP contribution in [0.15, 0.2) is 98.1 Å². The van der Waals surface area contributed by atoms with Crippen LogP contribution in [0.1, 0.15) is 19.4 Å². The van der Waals surface area contributed by atoms with E-state index in [4.69, 9.17) is 4.55 Å². The Morgan fingerprint density at radius 3 is 1.37 bits per heavy atom. The van der Waals surface area contributed by atoms with Crippen molar-refractivity contribution >= 4 is 56.2 Å². The Kier molecular flexibility index (Phi) is 10.0. The van der Waals surface area contributed by atoms with Gasteiger partial charge in [0, 0.05) is 11.4 Å². The summed E-state index contributed by atoms with van der Waals surface area (Å²) in [4.78, 5) is 49.0. The highest BCUT2D eigenvalue weighted by Crippen LogP contribution is 2.19. The van der Waals surface area contributed by atoms with E-state index in [1.807, 2.05) is 19.1 Å². The Morgan fingerprint density at radius 2 is 1.02 bits per heavy atom. The third-order valence-electron chi connectivity index (χ3n) is 5.43. The summed E-state index contributed by atoms with van der Waals surface area (Å²) in [6, 6.07) is 14.8. The van der Waals surface area contributed by atoms with Gasteiger partial charge < -0.3 is 10.6 Å². The van der Waals surface area contributed by atoms with Gasteiger partial charge in [-0.2, -0.15) is 28.9 Å². The van der Waals surface area contributed by atoms with Gasteiger partial charge in [-0.05, 0) is 81.4 Å². The third-order valence-corrected chi connectivity index (χ3v) is 6.30. The highest BCUT2D eigenvalue weighted by atomic mass is 32.2. The molecule has 0 aliphatic carbocycles. The molecule has 2 unspecified atom stereocenters. The molecule has 0 saturated carbocycles. The van der Waals surface area contributed by atoms with E-state index in [0.29, 0.717) is 11.4 Å². The summed E-state index contributed by atoms with van der Waals surface area (Å²) in [6.07, 6.45) is 0. The van der Waals surface area contributed by atoms with Gasteiger partial charge in [0.2, 0.25) is 12.1 Å². The zero-order valence-electron chi connectivity index (χ0n) is 22.2. The molecule has 2 amide bonds. The Morgan fingerprint density at radius 1 is 0.659 bits per heavy atom. The van der Waals surface area contributed by atoms with Gasteiger partial charge in [0.25, 0.3) is 21.9 Å². The molecule has 3 rings (SSSR count). The predicted octanol–water partition coefficient (Wildman–Crippen LogP) is 4.60. The topological polar surface area (TPSA) is 196 Å². The molecule has 0 spiro atoms. The minimum atomic E-state index is -4.38. The SMILES string of the molecule is CC(=O)C(N=Nc1ccc(C)cc1)C(=O)Nc1ccc(NC(=O)C(N=Nc2ccc(S(=O)(=O)O)cc2)C(C)=O)cc1. The summed E-state index contributed by atoms with van der Waals surface area (Å²) >= 11 is 0. The number of nitrogens with zero attached hydrogens (tertiary/aromatic N) is 4. The number of carbonyl (C=O) groups excluding carboxylic acids is 4. The number of hydrogen-bond donors (Lipinski definition) is 3. The molecule has 0 fully saturated rings. The van der Waals surface area contributed by atoms with Crippen LogP contribution < -0.4 is 10.6 Å². The van der Waals surface area contributed by atoms with Crippen molar-refractivity contribution in [1.29, 1.82) is 0 Å². The molecule has 14 heteroatoms. The van der Waals surface area contributed by atoms with E-state index in [1.165, 1.54) is 43.3 Å². The lowest BCUT2D eigenvalue weighted by Gasteiger charge is -2.12. The molecule has 0 aliphatic heterocycles. The van der Waals surface area contributed by atoms with Crippen LogP contribution >= 0.6 is 0 Å². The maximum Gasteiger partial charge on any atom is 0.294 e. The van der Waals surface area contributed by atoms with Crippen molar-refractivity contribution in [3.05, 3.63) is 78.4 Å². The smallest absolute Gasteiger partial charge is 0.294 e. The molecule has 0 saturated heterocycles. The quantitative estimate of drug-likeness (QED) is 0.168. The van der Waals surface area contributed by atoms with Crippen molar-refractivity contribution in [2.45, 2.75) is 37.8 Å². The number of hydrogen-bond acceptors (Lipinski definition) is 10. The first-order valence-corrected chi connectivity index (χ1v) is 13.5. The molecule has 2 atom stereocenters. The van der Waals surface area contributed by atoms with Crippen LogP contribution in [0, 0.1) is 6.92 Å². The minimum Gasteiger partial charge on any atom is -0.324 e. The van der Waals surface area contributed by atoms with Gasteiger partial charge in [0.05, 0.1) is 16.3 Å². The van der Waals surface area contributed by atoms with Crippen molar-refractivity contribution in [3.63, 3.8) is 0 Å². The van der Waals surface area contributed by atoms with Crippen molar-refractivity contribution in [2.75, 3.05) is 10.6 Å². The molecule has 0 bridgehead atoms. The maximum absolute atomic E-state index is 12.7. The minimum absolute atomic E-state index is 0.152. The second kappa shape index (κ2) is 13.4. The lowest BCUT2D eigenvalue weighted by Crippen LogP contribution is -2.32. The van der Waals surface area contributed by atoms with Gasteiger partial charge in [0.1, 0.15) is 0 Å². The van der Waals surface area contributed by atoms with Gasteiger partial charge in [-0.3, -0.25) is 23.7 Å². The van der Waals surface area contributed by atoms with E-state index in [2.05, 4.69) is 31.1 Å². The van der Waals surface area contributed by atoms with Crippen LogP contribution in [0.3, 0.4) is 0 Å². The molecule has 41 heavy (non-hydrogen) atoms. The number of carbonyl (C=O) groups is 4. The van der Waals surface area contributed by atoms with Crippen LogP contribution in [-0.4, -0.2) is 48.4 Å². The summed E-state index contributed by atoms with van der Waals surface area (Å²) in [5.74, 6) is -2.56. The van der Waals surface area contributed by atoms with E-state index in [-0.39, 0.29) is 16.3 Å². The summed E-state index contributed by atoms with van der Waals surface area (Å²) in [6.45, 7) is 4.30. The summed E-state index contributed by atoms with van der Waals surface area (Å²) in [5, 5.41) is 20.5.